The van der Waals surface area contributed by atoms with E-state index in [0.29, 0.717) is 19.6 Å². The Morgan fingerprint density at radius 2 is 1.59 bits per heavy atom. The molecule has 3 unspecified atom stereocenters. The number of hydrogen-bond acceptors (Lipinski definition) is 5. The van der Waals surface area contributed by atoms with Crippen LogP contribution in [0.3, 0.4) is 0 Å². The smallest absolute Gasteiger partial charge is 0.197 e. The second-order valence-corrected chi connectivity index (χ2v) is 5.93. The molecule has 0 aliphatic carbocycles. The molecular weight excluding hydrogens is 224 g/mol. The summed E-state index contributed by atoms with van der Waals surface area (Å²) in [5.41, 5.74) is 0. The van der Waals surface area contributed by atoms with Gasteiger partial charge in [-0.05, 0) is 27.7 Å². The van der Waals surface area contributed by atoms with Gasteiger partial charge in [0.15, 0.2) is 17.4 Å². The highest BCUT2D eigenvalue weighted by atomic mass is 16.8. The van der Waals surface area contributed by atoms with E-state index in [0.717, 1.165) is 0 Å². The highest BCUT2D eigenvalue weighted by Gasteiger charge is 2.56. The Morgan fingerprint density at radius 1 is 0.882 bits per heavy atom. The van der Waals surface area contributed by atoms with Crippen LogP contribution in [0.5, 0.6) is 0 Å². The first-order valence-corrected chi connectivity index (χ1v) is 6.13. The Bertz CT molecular complexity index is 325. The molecule has 3 atom stereocenters. The zero-order valence-electron chi connectivity index (χ0n) is 10.8. The van der Waals surface area contributed by atoms with Gasteiger partial charge in [-0.25, -0.2) is 0 Å². The lowest BCUT2D eigenvalue weighted by Crippen LogP contribution is -2.50. The molecule has 0 bridgehead atoms. The molecule has 98 valence electrons. The maximum Gasteiger partial charge on any atom is 0.197 e. The van der Waals surface area contributed by atoms with Gasteiger partial charge in [0, 0.05) is 6.42 Å². The van der Waals surface area contributed by atoms with Crippen LogP contribution in [0.4, 0.5) is 0 Å². The molecule has 3 heterocycles. The van der Waals surface area contributed by atoms with Gasteiger partial charge in [-0.2, -0.15) is 0 Å². The van der Waals surface area contributed by atoms with Gasteiger partial charge in [0.1, 0.15) is 12.7 Å². The zero-order valence-corrected chi connectivity index (χ0v) is 10.8. The molecule has 3 aliphatic rings. The second kappa shape index (κ2) is 3.42. The van der Waals surface area contributed by atoms with Crippen molar-refractivity contribution < 1.29 is 23.7 Å². The summed E-state index contributed by atoms with van der Waals surface area (Å²) in [5.74, 6) is -1.77. The first kappa shape index (κ1) is 11.9. The van der Waals surface area contributed by atoms with Crippen LogP contribution in [0, 0.1) is 0 Å². The monoisotopic (exact) mass is 244 g/mol. The molecule has 3 aliphatic heterocycles. The Morgan fingerprint density at radius 3 is 2.24 bits per heavy atom. The van der Waals surface area contributed by atoms with Gasteiger partial charge in [0.25, 0.3) is 0 Å². The second-order valence-electron chi connectivity index (χ2n) is 5.93. The first-order chi connectivity index (χ1) is 7.79. The average Bonchev–Trinajstić information content (AvgIpc) is 2.62. The third-order valence-electron chi connectivity index (χ3n) is 3.38. The molecule has 3 rings (SSSR count). The van der Waals surface area contributed by atoms with E-state index in [2.05, 4.69) is 0 Å². The Hall–Kier alpha value is -0.200. The van der Waals surface area contributed by atoms with Gasteiger partial charge in [-0.15, -0.1) is 0 Å². The van der Waals surface area contributed by atoms with Crippen LogP contribution in [-0.2, 0) is 23.7 Å². The lowest BCUT2D eigenvalue weighted by molar-refractivity contribution is -0.284. The Balaban J connectivity index is 1.73. The molecule has 0 N–H and O–H groups in total. The fraction of sp³-hybridized carbons (Fsp3) is 1.00. The molecule has 0 amide bonds. The molecule has 0 radical (unpaired) electrons. The van der Waals surface area contributed by atoms with Crippen LogP contribution in [0.25, 0.3) is 0 Å². The van der Waals surface area contributed by atoms with E-state index >= 15 is 0 Å². The minimum Gasteiger partial charge on any atom is -0.345 e. The van der Waals surface area contributed by atoms with E-state index in [-0.39, 0.29) is 12.2 Å². The summed E-state index contributed by atoms with van der Waals surface area (Å²) in [7, 11) is 0. The van der Waals surface area contributed by atoms with Gasteiger partial charge in [0.05, 0.1) is 12.7 Å². The van der Waals surface area contributed by atoms with Crippen LogP contribution >= 0.6 is 0 Å². The maximum atomic E-state index is 5.87. The zero-order chi connectivity index (χ0) is 12.3. The minimum absolute atomic E-state index is 0.00272. The van der Waals surface area contributed by atoms with Crippen molar-refractivity contribution in [3.8, 4) is 0 Å². The summed E-state index contributed by atoms with van der Waals surface area (Å²) >= 11 is 0. The van der Waals surface area contributed by atoms with Crippen molar-refractivity contribution in [2.24, 2.45) is 0 Å². The van der Waals surface area contributed by atoms with Crippen LogP contribution in [0.1, 0.15) is 34.1 Å². The van der Waals surface area contributed by atoms with E-state index in [1.54, 1.807) is 0 Å². The molecular formula is C12H20O5. The van der Waals surface area contributed by atoms with Crippen LogP contribution in [-0.4, -0.2) is 42.8 Å². The number of fused-ring (bicyclic) bond motifs is 1. The van der Waals surface area contributed by atoms with Crippen molar-refractivity contribution in [1.82, 2.24) is 0 Å². The topological polar surface area (TPSA) is 46.2 Å². The van der Waals surface area contributed by atoms with Crippen molar-refractivity contribution in [2.75, 3.05) is 13.2 Å². The standard InChI is InChI=1S/C12H20O5/c1-10(2)14-7-12(17-10)5-8-9(6-13-12)16-11(3,4)15-8/h8-9H,5-7H2,1-4H3. The van der Waals surface area contributed by atoms with E-state index in [1.165, 1.54) is 0 Å². The van der Waals surface area contributed by atoms with Crippen molar-refractivity contribution in [3.05, 3.63) is 0 Å². The minimum atomic E-state index is -0.658. The lowest BCUT2D eigenvalue weighted by Gasteiger charge is -2.37. The van der Waals surface area contributed by atoms with Crippen molar-refractivity contribution >= 4 is 0 Å². The van der Waals surface area contributed by atoms with E-state index in [9.17, 15) is 0 Å². The summed E-state index contributed by atoms with van der Waals surface area (Å²) < 4.78 is 28.9. The fourth-order valence-corrected chi connectivity index (χ4v) is 2.78. The lowest BCUT2D eigenvalue weighted by atomic mass is 10.0. The predicted molar refractivity (Wildman–Crippen MR) is 58.2 cm³/mol. The molecule has 0 aromatic carbocycles. The summed E-state index contributed by atoms with van der Waals surface area (Å²) in [6.07, 6.45) is 0.684. The molecule has 0 saturated carbocycles. The summed E-state index contributed by atoms with van der Waals surface area (Å²) in [6.45, 7) is 8.59. The molecule has 3 saturated heterocycles. The molecule has 17 heavy (non-hydrogen) atoms. The van der Waals surface area contributed by atoms with E-state index < -0.39 is 17.4 Å². The SMILES string of the molecule is CC1(C)OC2COC3(COC(C)(C)O3)CC2O1. The van der Waals surface area contributed by atoms with Crippen LogP contribution in [0.2, 0.25) is 0 Å². The summed E-state index contributed by atoms with van der Waals surface area (Å²) in [5, 5.41) is 0. The molecule has 1 spiro atoms. The first-order valence-electron chi connectivity index (χ1n) is 6.13. The van der Waals surface area contributed by atoms with E-state index in [4.69, 9.17) is 23.7 Å². The van der Waals surface area contributed by atoms with Gasteiger partial charge in [0.2, 0.25) is 0 Å². The van der Waals surface area contributed by atoms with Gasteiger partial charge < -0.3 is 23.7 Å². The van der Waals surface area contributed by atoms with Crippen molar-refractivity contribution in [3.63, 3.8) is 0 Å². The quantitative estimate of drug-likeness (QED) is 0.644. The highest BCUT2D eigenvalue weighted by molar-refractivity contribution is 4.93. The Labute approximate surface area is 101 Å². The number of ether oxygens (including phenoxy) is 5. The van der Waals surface area contributed by atoms with Gasteiger partial charge in [-0.1, -0.05) is 0 Å². The average molecular weight is 244 g/mol. The van der Waals surface area contributed by atoms with Gasteiger partial charge in [-0.3, -0.25) is 0 Å². The molecule has 5 heteroatoms. The van der Waals surface area contributed by atoms with Crippen LogP contribution in [0.15, 0.2) is 0 Å². The molecule has 0 aromatic heterocycles. The third kappa shape index (κ3) is 2.11. The van der Waals surface area contributed by atoms with Crippen LogP contribution < -0.4 is 0 Å². The highest BCUT2D eigenvalue weighted by Crippen LogP contribution is 2.43. The molecule has 5 nitrogen and oxygen atoms in total. The van der Waals surface area contributed by atoms with Gasteiger partial charge >= 0.3 is 0 Å². The number of hydrogen-bond donors (Lipinski definition) is 0. The molecule has 3 fully saturated rings. The Kier molecular flexibility index (Phi) is 2.39. The summed E-state index contributed by atoms with van der Waals surface area (Å²) in [6, 6.07) is 0. The third-order valence-corrected chi connectivity index (χ3v) is 3.38. The largest absolute Gasteiger partial charge is 0.345 e. The van der Waals surface area contributed by atoms with Crippen molar-refractivity contribution in [1.29, 1.82) is 0 Å². The van der Waals surface area contributed by atoms with Crippen molar-refractivity contribution in [2.45, 2.75) is 63.7 Å². The summed E-state index contributed by atoms with van der Waals surface area (Å²) in [4.78, 5) is 0. The normalized spacial score (nSPS) is 47.3. The molecule has 0 aromatic rings. The predicted octanol–water partition coefficient (Wildman–Crippen LogP) is 1.41. The maximum absolute atomic E-state index is 5.87. The number of rotatable bonds is 0. The van der Waals surface area contributed by atoms with E-state index in [1.807, 2.05) is 27.7 Å². The fourth-order valence-electron chi connectivity index (χ4n) is 2.78.